The Hall–Kier alpha value is -2.85. The van der Waals surface area contributed by atoms with Crippen molar-refractivity contribution < 1.29 is 21.6 Å². The van der Waals surface area contributed by atoms with Crippen molar-refractivity contribution >= 4 is 32.1 Å². The lowest BCUT2D eigenvalue weighted by molar-refractivity contribution is -0.0436. The van der Waals surface area contributed by atoms with Crippen molar-refractivity contribution in [3.05, 3.63) is 60.3 Å². The summed E-state index contributed by atoms with van der Waals surface area (Å²) in [5.41, 5.74) is -1.73. The van der Waals surface area contributed by atoms with Gasteiger partial charge in [0.1, 0.15) is 0 Å². The summed E-state index contributed by atoms with van der Waals surface area (Å²) >= 11 is 0. The molecule has 0 aliphatic carbocycles. The average molecular weight is 493 g/mol. The molecule has 0 bridgehead atoms. The van der Waals surface area contributed by atoms with Crippen molar-refractivity contribution in [3.63, 3.8) is 0 Å². The lowest BCUT2D eigenvalue weighted by Gasteiger charge is -2.30. The van der Waals surface area contributed by atoms with E-state index in [2.05, 4.69) is 29.8 Å². The standard InChI is InChI=1S/C24H27F3N4O2S/c1-23(2)15-30(18-5-8-20(9-6-18)34(32,33)24(25,26)27)16-31(23)14-17-11-12-28-22-10-7-19(29(3)4)13-21(17)22/h5-13H,14-16H2,1-4H3. The molecule has 4 rings (SSSR count). The van der Waals surface area contributed by atoms with Gasteiger partial charge < -0.3 is 9.80 Å². The minimum atomic E-state index is -5.36. The topological polar surface area (TPSA) is 56.8 Å². The monoisotopic (exact) mass is 492 g/mol. The molecule has 0 radical (unpaired) electrons. The molecular weight excluding hydrogens is 465 g/mol. The zero-order valence-electron chi connectivity index (χ0n) is 19.5. The Morgan fingerprint density at radius 2 is 1.74 bits per heavy atom. The van der Waals surface area contributed by atoms with Crippen molar-refractivity contribution in [2.45, 2.75) is 36.3 Å². The smallest absolute Gasteiger partial charge is 0.378 e. The van der Waals surface area contributed by atoms with Gasteiger partial charge in [-0.05, 0) is 67.9 Å². The van der Waals surface area contributed by atoms with E-state index in [1.54, 1.807) is 6.20 Å². The highest BCUT2D eigenvalue weighted by Gasteiger charge is 2.47. The third kappa shape index (κ3) is 4.44. The number of pyridine rings is 1. The minimum Gasteiger partial charge on any atom is -0.378 e. The second-order valence-electron chi connectivity index (χ2n) is 9.36. The normalized spacial score (nSPS) is 16.9. The molecule has 3 aromatic rings. The first-order valence-electron chi connectivity index (χ1n) is 10.8. The second-order valence-corrected chi connectivity index (χ2v) is 11.3. The molecule has 0 amide bonds. The van der Waals surface area contributed by atoms with Crippen LogP contribution < -0.4 is 9.80 Å². The van der Waals surface area contributed by atoms with E-state index in [4.69, 9.17) is 0 Å². The number of sulfone groups is 1. The van der Waals surface area contributed by atoms with Gasteiger partial charge in [-0.2, -0.15) is 13.2 Å². The predicted octanol–water partition coefficient (Wildman–Crippen LogP) is 4.65. The van der Waals surface area contributed by atoms with E-state index in [0.717, 1.165) is 34.3 Å². The molecule has 0 saturated carbocycles. The highest BCUT2D eigenvalue weighted by Crippen LogP contribution is 2.34. The molecule has 1 aliphatic heterocycles. The maximum Gasteiger partial charge on any atom is 0.501 e. The SMILES string of the molecule is CN(C)c1ccc2nccc(CN3CN(c4ccc(S(=O)(=O)C(F)(F)F)cc4)CC3(C)C)c2c1. The van der Waals surface area contributed by atoms with Gasteiger partial charge in [0.25, 0.3) is 9.84 Å². The van der Waals surface area contributed by atoms with Crippen LogP contribution in [-0.4, -0.2) is 56.7 Å². The number of alkyl halides is 3. The van der Waals surface area contributed by atoms with Gasteiger partial charge in [0.2, 0.25) is 0 Å². The van der Waals surface area contributed by atoms with Crippen molar-refractivity contribution in [2.75, 3.05) is 37.1 Å². The summed E-state index contributed by atoms with van der Waals surface area (Å²) in [7, 11) is -1.38. The third-order valence-electron chi connectivity index (χ3n) is 6.29. The van der Waals surface area contributed by atoms with Gasteiger partial charge in [-0.3, -0.25) is 9.88 Å². The highest BCUT2D eigenvalue weighted by molar-refractivity contribution is 7.92. The number of halogens is 3. The molecule has 1 saturated heterocycles. The number of anilines is 2. The molecule has 182 valence electrons. The summed E-state index contributed by atoms with van der Waals surface area (Å²) in [4.78, 5) is 10.1. The molecule has 2 heterocycles. The van der Waals surface area contributed by atoms with Gasteiger partial charge in [-0.1, -0.05) is 0 Å². The average Bonchev–Trinajstić information content (AvgIpc) is 3.07. The Labute approximate surface area is 197 Å². The summed E-state index contributed by atoms with van der Waals surface area (Å²) < 4.78 is 61.9. The molecule has 0 N–H and O–H groups in total. The van der Waals surface area contributed by atoms with Gasteiger partial charge in [-0.15, -0.1) is 0 Å². The number of rotatable bonds is 5. The second kappa shape index (κ2) is 8.42. The lowest BCUT2D eigenvalue weighted by Crippen LogP contribution is -2.39. The van der Waals surface area contributed by atoms with E-state index in [0.29, 0.717) is 25.4 Å². The summed E-state index contributed by atoms with van der Waals surface area (Å²) in [6.45, 7) is 6.09. The molecule has 1 aliphatic rings. The Kier molecular flexibility index (Phi) is 6.02. The molecule has 2 aromatic carbocycles. The molecular formula is C24H27F3N4O2S. The Morgan fingerprint density at radius 3 is 2.35 bits per heavy atom. The largest absolute Gasteiger partial charge is 0.501 e. The van der Waals surface area contributed by atoms with Gasteiger partial charge >= 0.3 is 5.51 Å². The van der Waals surface area contributed by atoms with Gasteiger partial charge in [0, 0.05) is 55.7 Å². The molecule has 6 nitrogen and oxygen atoms in total. The van der Waals surface area contributed by atoms with Crippen LogP contribution in [0.2, 0.25) is 0 Å². The molecule has 10 heteroatoms. The zero-order chi connectivity index (χ0) is 24.9. The van der Waals surface area contributed by atoms with Gasteiger partial charge in [0.05, 0.1) is 17.1 Å². The first kappa shape index (κ1) is 24.3. The third-order valence-corrected chi connectivity index (χ3v) is 7.79. The number of hydrogen-bond acceptors (Lipinski definition) is 6. The fraction of sp³-hybridized carbons (Fsp3) is 0.375. The lowest BCUT2D eigenvalue weighted by atomic mass is 10.0. The zero-order valence-corrected chi connectivity index (χ0v) is 20.3. The van der Waals surface area contributed by atoms with Crippen LogP contribution in [0.4, 0.5) is 24.5 Å². The summed E-state index contributed by atoms with van der Waals surface area (Å²) in [5.74, 6) is 0. The predicted molar refractivity (Wildman–Crippen MR) is 128 cm³/mol. The number of aromatic nitrogens is 1. The number of nitrogens with zero attached hydrogens (tertiary/aromatic N) is 4. The summed E-state index contributed by atoms with van der Waals surface area (Å²) in [6, 6.07) is 13.1. The van der Waals surface area contributed by atoms with Crippen LogP contribution in [0.25, 0.3) is 10.9 Å². The van der Waals surface area contributed by atoms with Crippen LogP contribution in [0.3, 0.4) is 0 Å². The Balaban J connectivity index is 1.58. The molecule has 1 aromatic heterocycles. The fourth-order valence-corrected chi connectivity index (χ4v) is 5.00. The quantitative estimate of drug-likeness (QED) is 0.517. The van der Waals surface area contributed by atoms with Crippen molar-refractivity contribution in [1.82, 2.24) is 9.88 Å². The van der Waals surface area contributed by atoms with E-state index < -0.39 is 20.2 Å². The van der Waals surface area contributed by atoms with Crippen molar-refractivity contribution in [2.24, 2.45) is 0 Å². The molecule has 0 spiro atoms. The van der Waals surface area contributed by atoms with E-state index in [1.807, 2.05) is 42.1 Å². The van der Waals surface area contributed by atoms with Crippen LogP contribution in [0.1, 0.15) is 19.4 Å². The van der Waals surface area contributed by atoms with E-state index in [-0.39, 0.29) is 5.54 Å². The Bertz CT molecular complexity index is 1310. The van der Waals surface area contributed by atoms with Crippen molar-refractivity contribution in [1.29, 1.82) is 0 Å². The molecule has 0 unspecified atom stereocenters. The fourth-order valence-electron chi connectivity index (χ4n) is 4.23. The first-order valence-corrected chi connectivity index (χ1v) is 12.2. The number of benzene rings is 2. The maximum atomic E-state index is 12.8. The number of hydrogen-bond donors (Lipinski definition) is 0. The Morgan fingerprint density at radius 1 is 1.06 bits per heavy atom. The van der Waals surface area contributed by atoms with Crippen LogP contribution in [0.5, 0.6) is 0 Å². The number of fused-ring (bicyclic) bond motifs is 1. The molecule has 0 atom stereocenters. The summed E-state index contributed by atoms with van der Waals surface area (Å²) in [5, 5.41) is 1.07. The summed E-state index contributed by atoms with van der Waals surface area (Å²) in [6.07, 6.45) is 1.80. The van der Waals surface area contributed by atoms with Crippen LogP contribution in [-0.2, 0) is 16.4 Å². The highest BCUT2D eigenvalue weighted by atomic mass is 32.2. The maximum absolute atomic E-state index is 12.8. The minimum absolute atomic E-state index is 0.217. The van der Waals surface area contributed by atoms with Crippen LogP contribution >= 0.6 is 0 Å². The van der Waals surface area contributed by atoms with Crippen molar-refractivity contribution in [3.8, 4) is 0 Å². The first-order chi connectivity index (χ1) is 15.8. The molecule has 1 fully saturated rings. The van der Waals surface area contributed by atoms with Gasteiger partial charge in [-0.25, -0.2) is 8.42 Å². The van der Waals surface area contributed by atoms with E-state index in [1.165, 1.54) is 12.1 Å². The van der Waals surface area contributed by atoms with Crippen LogP contribution in [0, 0.1) is 0 Å². The molecule has 34 heavy (non-hydrogen) atoms. The van der Waals surface area contributed by atoms with Crippen LogP contribution in [0.15, 0.2) is 59.6 Å². The van der Waals surface area contributed by atoms with Gasteiger partial charge in [0.15, 0.2) is 0 Å². The van der Waals surface area contributed by atoms with E-state index >= 15 is 0 Å². The van der Waals surface area contributed by atoms with E-state index in [9.17, 15) is 21.6 Å².